The Balaban J connectivity index is 2.30. The van der Waals surface area contributed by atoms with Crippen LogP contribution in [0.1, 0.15) is 18.3 Å². The third-order valence-corrected chi connectivity index (χ3v) is 3.20. The lowest BCUT2D eigenvalue weighted by molar-refractivity contribution is 0.178. The Morgan fingerprint density at radius 1 is 1.29 bits per heavy atom. The Labute approximate surface area is 124 Å². The lowest BCUT2D eigenvalue weighted by Crippen LogP contribution is -2.36. The van der Waals surface area contributed by atoms with Crippen molar-refractivity contribution in [3.63, 3.8) is 0 Å². The minimum Gasteiger partial charge on any atom is -0.394 e. The van der Waals surface area contributed by atoms with Crippen LogP contribution in [0.4, 0.5) is 11.6 Å². The van der Waals surface area contributed by atoms with E-state index in [2.05, 4.69) is 15.3 Å². The van der Waals surface area contributed by atoms with Crippen LogP contribution >= 0.6 is 0 Å². The molecule has 1 aromatic carbocycles. The lowest BCUT2D eigenvalue weighted by Gasteiger charge is -2.30. The summed E-state index contributed by atoms with van der Waals surface area (Å²) >= 11 is 0. The minimum atomic E-state index is -0.660. The van der Waals surface area contributed by atoms with Crippen molar-refractivity contribution in [1.82, 2.24) is 9.97 Å². The first-order valence-electron chi connectivity index (χ1n) is 6.64. The van der Waals surface area contributed by atoms with Crippen molar-refractivity contribution >= 4 is 11.6 Å². The van der Waals surface area contributed by atoms with Gasteiger partial charge in [0, 0.05) is 13.2 Å². The molecule has 2 aromatic rings. The van der Waals surface area contributed by atoms with Crippen LogP contribution in [0.25, 0.3) is 0 Å². The van der Waals surface area contributed by atoms with Gasteiger partial charge >= 0.3 is 0 Å². The van der Waals surface area contributed by atoms with Gasteiger partial charge in [-0.1, -0.05) is 30.3 Å². The maximum absolute atomic E-state index is 9.78. The Hall–Kier alpha value is -2.18. The Morgan fingerprint density at radius 3 is 2.62 bits per heavy atom. The molecule has 21 heavy (non-hydrogen) atoms. The van der Waals surface area contributed by atoms with Crippen molar-refractivity contribution in [1.29, 1.82) is 0 Å². The van der Waals surface area contributed by atoms with E-state index in [0.29, 0.717) is 17.5 Å². The summed E-state index contributed by atoms with van der Waals surface area (Å²) < 4.78 is 5.02. The van der Waals surface area contributed by atoms with Crippen LogP contribution in [-0.4, -0.2) is 28.8 Å². The number of nitrogens with zero attached hydrogens (tertiary/aromatic N) is 2. The number of nitrogens with two attached hydrogens (primary N) is 1. The van der Waals surface area contributed by atoms with Crippen LogP contribution in [0.5, 0.6) is 0 Å². The number of aliphatic hydroxyl groups is 1. The number of hydrogen-bond acceptors (Lipinski definition) is 6. The van der Waals surface area contributed by atoms with Gasteiger partial charge in [0.15, 0.2) is 5.82 Å². The largest absolute Gasteiger partial charge is 0.394 e. The molecule has 0 amide bonds. The van der Waals surface area contributed by atoms with Crippen LogP contribution in [0.3, 0.4) is 0 Å². The summed E-state index contributed by atoms with van der Waals surface area (Å²) in [7, 11) is 1.57. The molecule has 1 aromatic heterocycles. The molecule has 0 bridgehead atoms. The van der Waals surface area contributed by atoms with Crippen molar-refractivity contribution < 1.29 is 9.84 Å². The first-order valence-corrected chi connectivity index (χ1v) is 6.64. The van der Waals surface area contributed by atoms with Gasteiger partial charge in [-0.2, -0.15) is 0 Å². The fourth-order valence-corrected chi connectivity index (χ4v) is 2.07. The molecule has 1 atom stereocenters. The predicted octanol–water partition coefficient (Wildman–Crippen LogP) is 1.52. The van der Waals surface area contributed by atoms with E-state index in [-0.39, 0.29) is 13.2 Å². The molecule has 0 aliphatic rings. The quantitative estimate of drug-likeness (QED) is 0.746. The van der Waals surface area contributed by atoms with Gasteiger partial charge in [0.2, 0.25) is 0 Å². The van der Waals surface area contributed by atoms with Gasteiger partial charge in [-0.3, -0.25) is 0 Å². The fourth-order valence-electron chi connectivity index (χ4n) is 2.07. The van der Waals surface area contributed by atoms with E-state index in [0.717, 1.165) is 5.56 Å². The van der Waals surface area contributed by atoms with Crippen molar-refractivity contribution in [2.45, 2.75) is 19.1 Å². The van der Waals surface area contributed by atoms with Gasteiger partial charge in [0.25, 0.3) is 0 Å². The van der Waals surface area contributed by atoms with Crippen molar-refractivity contribution in [3.05, 3.63) is 47.8 Å². The maximum Gasteiger partial charge on any atom is 0.158 e. The summed E-state index contributed by atoms with van der Waals surface area (Å²) in [6, 6.07) is 11.3. The summed E-state index contributed by atoms with van der Waals surface area (Å²) in [6.07, 6.45) is 0. The SMILES string of the molecule is COCc1nc(N)cc(NC(C)(CO)c2ccccc2)n1. The number of aromatic nitrogens is 2. The number of nitrogen functional groups attached to an aromatic ring is 1. The van der Waals surface area contributed by atoms with Gasteiger partial charge in [0.05, 0.1) is 12.1 Å². The molecule has 0 aliphatic heterocycles. The number of ether oxygens (including phenoxy) is 1. The van der Waals surface area contributed by atoms with E-state index in [1.165, 1.54) is 0 Å². The highest BCUT2D eigenvalue weighted by Gasteiger charge is 2.26. The van der Waals surface area contributed by atoms with E-state index < -0.39 is 5.54 Å². The molecule has 0 spiro atoms. The summed E-state index contributed by atoms with van der Waals surface area (Å²) in [5.74, 6) is 1.40. The Kier molecular flexibility index (Phi) is 4.72. The number of nitrogens with one attached hydrogen (secondary N) is 1. The van der Waals surface area contributed by atoms with Crippen molar-refractivity contribution in [3.8, 4) is 0 Å². The second-order valence-corrected chi connectivity index (χ2v) is 5.01. The summed E-state index contributed by atoms with van der Waals surface area (Å²) in [4.78, 5) is 8.43. The zero-order valence-corrected chi connectivity index (χ0v) is 12.2. The first-order chi connectivity index (χ1) is 10.1. The molecule has 0 radical (unpaired) electrons. The van der Waals surface area contributed by atoms with Crippen LogP contribution in [0.15, 0.2) is 36.4 Å². The van der Waals surface area contributed by atoms with Gasteiger partial charge < -0.3 is 20.9 Å². The molecule has 1 heterocycles. The fraction of sp³-hybridized carbons (Fsp3) is 0.333. The van der Waals surface area contributed by atoms with E-state index in [1.807, 2.05) is 37.3 Å². The van der Waals surface area contributed by atoms with Crippen LogP contribution < -0.4 is 11.1 Å². The van der Waals surface area contributed by atoms with Crippen molar-refractivity contribution in [2.75, 3.05) is 24.8 Å². The summed E-state index contributed by atoms with van der Waals surface area (Å²) in [6.45, 7) is 2.10. The van der Waals surface area contributed by atoms with Crippen LogP contribution in [0.2, 0.25) is 0 Å². The summed E-state index contributed by atoms with van der Waals surface area (Å²) in [5.41, 5.74) is 6.08. The molecule has 6 nitrogen and oxygen atoms in total. The van der Waals surface area contributed by atoms with Crippen LogP contribution in [-0.2, 0) is 16.9 Å². The minimum absolute atomic E-state index is 0.0828. The molecule has 2 rings (SSSR count). The molecule has 0 saturated carbocycles. The topological polar surface area (TPSA) is 93.3 Å². The molecule has 4 N–H and O–H groups in total. The van der Waals surface area contributed by atoms with Crippen molar-refractivity contribution in [2.24, 2.45) is 0 Å². The number of hydrogen-bond donors (Lipinski definition) is 3. The zero-order valence-electron chi connectivity index (χ0n) is 12.2. The molecule has 1 unspecified atom stereocenters. The number of anilines is 2. The second kappa shape index (κ2) is 6.51. The highest BCUT2D eigenvalue weighted by atomic mass is 16.5. The van der Waals surface area contributed by atoms with Gasteiger partial charge in [0.1, 0.15) is 18.2 Å². The number of rotatable bonds is 6. The van der Waals surface area contributed by atoms with Gasteiger partial charge in [-0.15, -0.1) is 0 Å². The van der Waals surface area contributed by atoms with E-state index in [4.69, 9.17) is 10.5 Å². The van der Waals surface area contributed by atoms with E-state index in [1.54, 1.807) is 13.2 Å². The standard InChI is InChI=1S/C15H20N4O2/c1-15(10-20,11-6-4-3-5-7-11)19-13-8-12(16)17-14(18-13)9-21-2/h3-8,20H,9-10H2,1-2H3,(H3,16,17,18,19). The van der Waals surface area contributed by atoms with Crippen LogP contribution in [0, 0.1) is 0 Å². The number of aliphatic hydroxyl groups excluding tert-OH is 1. The average molecular weight is 288 g/mol. The zero-order chi connectivity index (χ0) is 15.3. The molecule has 112 valence electrons. The highest BCUT2D eigenvalue weighted by Crippen LogP contribution is 2.25. The molecule has 6 heteroatoms. The third-order valence-electron chi connectivity index (χ3n) is 3.20. The normalized spacial score (nSPS) is 13.7. The molecule has 0 saturated heterocycles. The monoisotopic (exact) mass is 288 g/mol. The molecule has 0 fully saturated rings. The van der Waals surface area contributed by atoms with Gasteiger partial charge in [-0.25, -0.2) is 9.97 Å². The smallest absolute Gasteiger partial charge is 0.158 e. The van der Waals surface area contributed by atoms with E-state index in [9.17, 15) is 5.11 Å². The van der Waals surface area contributed by atoms with Gasteiger partial charge in [-0.05, 0) is 12.5 Å². The van der Waals surface area contributed by atoms with E-state index >= 15 is 0 Å². The second-order valence-electron chi connectivity index (χ2n) is 5.01. The lowest BCUT2D eigenvalue weighted by atomic mass is 9.93. The molecular formula is C15H20N4O2. The molecule has 0 aliphatic carbocycles. The maximum atomic E-state index is 9.78. The Morgan fingerprint density at radius 2 is 2.00 bits per heavy atom. The predicted molar refractivity (Wildman–Crippen MR) is 81.7 cm³/mol. The summed E-state index contributed by atoms with van der Waals surface area (Å²) in [5, 5.41) is 13.0. The Bertz CT molecular complexity index is 591. The molecular weight excluding hydrogens is 268 g/mol. The first kappa shape index (κ1) is 15.2. The number of benzene rings is 1. The highest BCUT2D eigenvalue weighted by molar-refractivity contribution is 5.48. The number of methoxy groups -OCH3 is 1. The third kappa shape index (κ3) is 3.68. The average Bonchev–Trinajstić information content (AvgIpc) is 2.48.